The van der Waals surface area contributed by atoms with Crippen LogP contribution in [0.3, 0.4) is 0 Å². The van der Waals surface area contributed by atoms with Crippen LogP contribution in [0.5, 0.6) is 11.5 Å². The molecule has 5 nitrogen and oxygen atoms in total. The van der Waals surface area contributed by atoms with E-state index in [0.29, 0.717) is 30.9 Å². The lowest BCUT2D eigenvalue weighted by atomic mass is 10.1. The summed E-state index contributed by atoms with van der Waals surface area (Å²) in [6.07, 6.45) is 1.94. The Morgan fingerprint density at radius 1 is 1.29 bits per heavy atom. The molecule has 0 aliphatic heterocycles. The van der Waals surface area contributed by atoms with Gasteiger partial charge in [-0.15, -0.1) is 12.4 Å². The van der Waals surface area contributed by atoms with Gasteiger partial charge in [0.1, 0.15) is 0 Å². The molecule has 0 fully saturated rings. The Morgan fingerprint density at radius 2 is 1.95 bits per heavy atom. The molecule has 1 amide bonds. The predicted molar refractivity (Wildman–Crippen MR) is 86.4 cm³/mol. The first-order valence-corrected chi connectivity index (χ1v) is 6.80. The molecule has 0 heterocycles. The minimum atomic E-state index is 0. The molecule has 1 rings (SSSR count). The van der Waals surface area contributed by atoms with Gasteiger partial charge in [0.15, 0.2) is 11.5 Å². The van der Waals surface area contributed by atoms with Crippen molar-refractivity contribution >= 4 is 18.3 Å². The van der Waals surface area contributed by atoms with E-state index in [0.717, 1.165) is 12.0 Å². The summed E-state index contributed by atoms with van der Waals surface area (Å²) in [5, 5.41) is 2.89. The number of nitrogens with one attached hydrogen (secondary N) is 1. The predicted octanol–water partition coefficient (Wildman–Crippen LogP) is 1.91. The molecule has 1 unspecified atom stereocenters. The molecule has 0 saturated heterocycles. The zero-order valence-corrected chi connectivity index (χ0v) is 13.7. The second-order valence-corrected chi connectivity index (χ2v) is 4.81. The quantitative estimate of drug-likeness (QED) is 0.768. The molecule has 21 heavy (non-hydrogen) atoms. The Kier molecular flexibility index (Phi) is 9.58. The number of carbonyl (C=O) groups is 1. The van der Waals surface area contributed by atoms with Crippen LogP contribution in [0.1, 0.15) is 25.3 Å². The highest BCUT2D eigenvalue weighted by Gasteiger charge is 2.06. The third-order valence-electron chi connectivity index (χ3n) is 3.01. The Balaban J connectivity index is 0.00000400. The molecule has 1 atom stereocenters. The van der Waals surface area contributed by atoms with E-state index >= 15 is 0 Å². The molecule has 0 aromatic heterocycles. The SMILES string of the molecule is COc1ccc(CCNC(=O)CCC(C)N)cc1OC.Cl. The molecule has 0 aliphatic rings. The van der Waals surface area contributed by atoms with Gasteiger partial charge in [-0.3, -0.25) is 4.79 Å². The largest absolute Gasteiger partial charge is 0.493 e. The summed E-state index contributed by atoms with van der Waals surface area (Å²) in [4.78, 5) is 11.5. The monoisotopic (exact) mass is 316 g/mol. The smallest absolute Gasteiger partial charge is 0.220 e. The molecule has 1 aromatic rings. The van der Waals surface area contributed by atoms with Gasteiger partial charge in [-0.1, -0.05) is 6.07 Å². The molecular weight excluding hydrogens is 292 g/mol. The van der Waals surface area contributed by atoms with Crippen molar-refractivity contribution in [2.45, 2.75) is 32.2 Å². The maximum Gasteiger partial charge on any atom is 0.220 e. The van der Waals surface area contributed by atoms with E-state index in [1.807, 2.05) is 25.1 Å². The summed E-state index contributed by atoms with van der Waals surface area (Å²) in [6, 6.07) is 5.82. The van der Waals surface area contributed by atoms with Gasteiger partial charge in [0.25, 0.3) is 0 Å². The molecule has 0 radical (unpaired) electrons. The third kappa shape index (κ3) is 7.20. The first-order valence-electron chi connectivity index (χ1n) is 6.80. The van der Waals surface area contributed by atoms with Crippen LogP contribution < -0.4 is 20.5 Å². The van der Waals surface area contributed by atoms with Crippen molar-refractivity contribution in [1.29, 1.82) is 0 Å². The summed E-state index contributed by atoms with van der Waals surface area (Å²) in [6.45, 7) is 2.50. The summed E-state index contributed by atoms with van der Waals surface area (Å²) in [5.74, 6) is 1.45. The van der Waals surface area contributed by atoms with E-state index in [1.165, 1.54) is 0 Å². The fraction of sp³-hybridized carbons (Fsp3) is 0.533. The molecule has 120 valence electrons. The van der Waals surface area contributed by atoms with Crippen molar-refractivity contribution in [3.8, 4) is 11.5 Å². The number of hydrogen-bond acceptors (Lipinski definition) is 4. The minimum absolute atomic E-state index is 0. The van der Waals surface area contributed by atoms with Gasteiger partial charge in [-0.05, 0) is 37.5 Å². The Bertz CT molecular complexity index is 439. The Morgan fingerprint density at radius 3 is 2.52 bits per heavy atom. The van der Waals surface area contributed by atoms with Crippen LogP contribution in [0.15, 0.2) is 18.2 Å². The zero-order valence-electron chi connectivity index (χ0n) is 12.8. The van der Waals surface area contributed by atoms with Crippen LogP contribution in [0.4, 0.5) is 0 Å². The van der Waals surface area contributed by atoms with Crippen molar-refractivity contribution in [2.75, 3.05) is 20.8 Å². The minimum Gasteiger partial charge on any atom is -0.493 e. The van der Waals surface area contributed by atoms with Gasteiger partial charge in [0.05, 0.1) is 14.2 Å². The lowest BCUT2D eigenvalue weighted by molar-refractivity contribution is -0.121. The molecular formula is C15H25ClN2O3. The maximum absolute atomic E-state index is 11.5. The van der Waals surface area contributed by atoms with Crippen LogP contribution >= 0.6 is 12.4 Å². The van der Waals surface area contributed by atoms with Crippen molar-refractivity contribution in [2.24, 2.45) is 5.73 Å². The van der Waals surface area contributed by atoms with Gasteiger partial charge in [0, 0.05) is 19.0 Å². The molecule has 0 saturated carbocycles. The number of rotatable bonds is 8. The number of methoxy groups -OCH3 is 2. The number of ether oxygens (including phenoxy) is 2. The summed E-state index contributed by atoms with van der Waals surface area (Å²) < 4.78 is 10.4. The third-order valence-corrected chi connectivity index (χ3v) is 3.01. The van der Waals surface area contributed by atoms with Crippen molar-refractivity contribution in [3.05, 3.63) is 23.8 Å². The number of hydrogen-bond donors (Lipinski definition) is 2. The van der Waals surface area contributed by atoms with Gasteiger partial charge in [0.2, 0.25) is 5.91 Å². The van der Waals surface area contributed by atoms with Crippen LogP contribution in [0.2, 0.25) is 0 Å². The Hall–Kier alpha value is -1.46. The number of carbonyl (C=O) groups excluding carboxylic acids is 1. The molecule has 0 aliphatic carbocycles. The second-order valence-electron chi connectivity index (χ2n) is 4.81. The fourth-order valence-corrected chi connectivity index (χ4v) is 1.83. The molecule has 3 N–H and O–H groups in total. The van der Waals surface area contributed by atoms with E-state index < -0.39 is 0 Å². The highest BCUT2D eigenvalue weighted by molar-refractivity contribution is 5.85. The van der Waals surface area contributed by atoms with E-state index in [1.54, 1.807) is 14.2 Å². The lowest BCUT2D eigenvalue weighted by Gasteiger charge is -2.10. The number of benzene rings is 1. The maximum atomic E-state index is 11.5. The van der Waals surface area contributed by atoms with Crippen LogP contribution in [-0.4, -0.2) is 32.7 Å². The van der Waals surface area contributed by atoms with E-state index in [-0.39, 0.29) is 24.4 Å². The lowest BCUT2D eigenvalue weighted by Crippen LogP contribution is -2.27. The van der Waals surface area contributed by atoms with Gasteiger partial charge in [-0.25, -0.2) is 0 Å². The van der Waals surface area contributed by atoms with E-state index in [4.69, 9.17) is 15.2 Å². The topological polar surface area (TPSA) is 73.6 Å². The van der Waals surface area contributed by atoms with Crippen LogP contribution in [-0.2, 0) is 11.2 Å². The summed E-state index contributed by atoms with van der Waals surface area (Å²) in [5.41, 5.74) is 6.71. The van der Waals surface area contributed by atoms with Gasteiger partial charge in [-0.2, -0.15) is 0 Å². The standard InChI is InChI=1S/C15H24N2O3.ClH/c1-11(16)4-7-15(18)17-9-8-12-5-6-13(19-2)14(10-12)20-3;/h5-6,10-11H,4,7-9,16H2,1-3H3,(H,17,18);1H. The van der Waals surface area contributed by atoms with Crippen molar-refractivity contribution < 1.29 is 14.3 Å². The number of nitrogens with two attached hydrogens (primary N) is 1. The van der Waals surface area contributed by atoms with Gasteiger partial charge < -0.3 is 20.5 Å². The highest BCUT2D eigenvalue weighted by Crippen LogP contribution is 2.27. The van der Waals surface area contributed by atoms with Crippen molar-refractivity contribution in [3.63, 3.8) is 0 Å². The molecule has 1 aromatic carbocycles. The van der Waals surface area contributed by atoms with E-state index in [9.17, 15) is 4.79 Å². The number of amides is 1. The summed E-state index contributed by atoms with van der Waals surface area (Å²) >= 11 is 0. The Labute approximate surface area is 132 Å². The second kappa shape index (κ2) is 10.3. The summed E-state index contributed by atoms with van der Waals surface area (Å²) in [7, 11) is 3.22. The van der Waals surface area contributed by atoms with Gasteiger partial charge >= 0.3 is 0 Å². The first kappa shape index (κ1) is 19.5. The van der Waals surface area contributed by atoms with Crippen molar-refractivity contribution in [1.82, 2.24) is 5.32 Å². The fourth-order valence-electron chi connectivity index (χ4n) is 1.83. The highest BCUT2D eigenvalue weighted by atomic mass is 35.5. The molecule has 6 heteroatoms. The average molecular weight is 317 g/mol. The van der Waals surface area contributed by atoms with Crippen LogP contribution in [0, 0.1) is 0 Å². The average Bonchev–Trinajstić information content (AvgIpc) is 2.44. The zero-order chi connectivity index (χ0) is 15.0. The van der Waals surface area contributed by atoms with Crippen LogP contribution in [0.25, 0.3) is 0 Å². The molecule has 0 bridgehead atoms. The number of halogens is 1. The molecule has 0 spiro atoms. The normalized spacial score (nSPS) is 11.2. The van der Waals surface area contributed by atoms with E-state index in [2.05, 4.69) is 5.32 Å². The first-order chi connectivity index (χ1) is 9.56.